The van der Waals surface area contributed by atoms with Crippen LogP contribution < -0.4 is 4.90 Å². The average Bonchev–Trinajstić information content (AvgIpc) is 3.32. The lowest BCUT2D eigenvalue weighted by atomic mass is 10.1. The number of thioether (sulfide) groups is 1. The second kappa shape index (κ2) is 8.25. The Morgan fingerprint density at radius 1 is 1.13 bits per heavy atom. The molecular formula is C22H16N2O4S2. The lowest BCUT2D eigenvalue weighted by Crippen LogP contribution is -2.28. The number of furan rings is 1. The van der Waals surface area contributed by atoms with E-state index < -0.39 is 4.92 Å². The second-order valence-corrected chi connectivity index (χ2v) is 8.18. The Bertz CT molecular complexity index is 1180. The number of rotatable bonds is 5. The highest BCUT2D eigenvalue weighted by atomic mass is 32.2. The van der Waals surface area contributed by atoms with Crippen molar-refractivity contribution in [3.05, 3.63) is 87.0 Å². The Hall–Kier alpha value is -3.23. The van der Waals surface area contributed by atoms with E-state index in [0.29, 0.717) is 26.3 Å². The summed E-state index contributed by atoms with van der Waals surface area (Å²) in [5.74, 6) is 0.884. The van der Waals surface area contributed by atoms with Crippen LogP contribution in [0.4, 0.5) is 11.4 Å². The molecule has 0 spiro atoms. The number of anilines is 1. The van der Waals surface area contributed by atoms with Gasteiger partial charge in [0.2, 0.25) is 0 Å². The molecule has 150 valence electrons. The summed E-state index contributed by atoms with van der Waals surface area (Å²) in [4.78, 5) is 25.4. The summed E-state index contributed by atoms with van der Waals surface area (Å²) >= 11 is 6.69. The number of nitro groups is 1. The van der Waals surface area contributed by atoms with Gasteiger partial charge in [-0.2, -0.15) is 0 Å². The van der Waals surface area contributed by atoms with Crippen molar-refractivity contribution < 1.29 is 14.1 Å². The number of hydrogen-bond donors (Lipinski definition) is 0. The average molecular weight is 437 g/mol. The number of aryl methyl sites for hydroxylation is 1. The SMILES string of the molecule is CCc1ccccc1N1C(=O)/C(=C\c2ccc(-c3ccc([N+](=O)[O-])cc3)o2)SC1=S. The number of thiocarbonyl (C=S) groups is 1. The minimum Gasteiger partial charge on any atom is -0.457 e. The number of nitrogens with zero attached hydrogens (tertiary/aromatic N) is 2. The van der Waals surface area contributed by atoms with Crippen LogP contribution in [0, 0.1) is 10.1 Å². The van der Waals surface area contributed by atoms with Crippen LogP contribution in [0.1, 0.15) is 18.2 Å². The number of non-ortho nitro benzene ring substituents is 1. The van der Waals surface area contributed by atoms with E-state index in [4.69, 9.17) is 16.6 Å². The maximum Gasteiger partial charge on any atom is 0.270 e. The molecule has 0 N–H and O–H groups in total. The first-order valence-corrected chi connectivity index (χ1v) is 10.4. The molecule has 0 aliphatic carbocycles. The first kappa shape index (κ1) is 20.1. The van der Waals surface area contributed by atoms with Gasteiger partial charge >= 0.3 is 0 Å². The van der Waals surface area contributed by atoms with Gasteiger partial charge in [-0.3, -0.25) is 19.8 Å². The van der Waals surface area contributed by atoms with Crippen LogP contribution in [0.25, 0.3) is 17.4 Å². The van der Waals surface area contributed by atoms with E-state index in [1.54, 1.807) is 35.2 Å². The van der Waals surface area contributed by atoms with E-state index in [1.807, 2.05) is 31.2 Å². The van der Waals surface area contributed by atoms with Crippen LogP contribution >= 0.6 is 24.0 Å². The van der Waals surface area contributed by atoms with E-state index in [2.05, 4.69) is 0 Å². The van der Waals surface area contributed by atoms with Crippen molar-refractivity contribution in [1.82, 2.24) is 0 Å². The largest absolute Gasteiger partial charge is 0.457 e. The van der Waals surface area contributed by atoms with E-state index in [0.717, 1.165) is 17.7 Å². The Balaban J connectivity index is 1.59. The highest BCUT2D eigenvalue weighted by molar-refractivity contribution is 8.27. The van der Waals surface area contributed by atoms with Gasteiger partial charge in [0.15, 0.2) is 4.32 Å². The number of amides is 1. The molecule has 3 aromatic rings. The zero-order valence-corrected chi connectivity index (χ0v) is 17.5. The summed E-state index contributed by atoms with van der Waals surface area (Å²) < 4.78 is 6.31. The van der Waals surface area contributed by atoms with E-state index in [-0.39, 0.29) is 11.6 Å². The van der Waals surface area contributed by atoms with Gasteiger partial charge in [0, 0.05) is 23.8 Å². The molecule has 4 rings (SSSR count). The molecule has 0 unspecified atom stereocenters. The number of carbonyl (C=O) groups excluding carboxylic acids is 1. The van der Waals surface area contributed by atoms with Crippen molar-refractivity contribution in [3.8, 4) is 11.3 Å². The molecule has 1 aromatic heterocycles. The van der Waals surface area contributed by atoms with Crippen LogP contribution in [0.3, 0.4) is 0 Å². The van der Waals surface area contributed by atoms with Gasteiger partial charge in [0.25, 0.3) is 11.6 Å². The molecule has 1 fully saturated rings. The predicted octanol–water partition coefficient (Wildman–Crippen LogP) is 5.82. The zero-order valence-electron chi connectivity index (χ0n) is 15.9. The second-order valence-electron chi connectivity index (χ2n) is 6.51. The molecular weight excluding hydrogens is 420 g/mol. The standard InChI is InChI=1S/C22H16N2O4S2/c1-2-14-5-3-4-6-18(14)23-21(25)20(30-22(23)29)13-17-11-12-19(28-17)15-7-9-16(10-8-15)24(26)27/h3-13H,2H2,1H3/b20-13+. The number of hydrogen-bond acceptors (Lipinski definition) is 6. The molecule has 0 radical (unpaired) electrons. The van der Waals surface area contributed by atoms with Gasteiger partial charge < -0.3 is 4.42 Å². The monoisotopic (exact) mass is 436 g/mol. The molecule has 2 aromatic carbocycles. The van der Waals surface area contributed by atoms with Crippen molar-refractivity contribution in [2.45, 2.75) is 13.3 Å². The van der Waals surface area contributed by atoms with Gasteiger partial charge in [-0.15, -0.1) is 0 Å². The summed E-state index contributed by atoms with van der Waals surface area (Å²) in [5.41, 5.74) is 2.58. The third kappa shape index (κ3) is 3.79. The third-order valence-electron chi connectivity index (χ3n) is 4.67. The molecule has 6 nitrogen and oxygen atoms in total. The van der Waals surface area contributed by atoms with Crippen molar-refractivity contribution in [2.75, 3.05) is 4.90 Å². The fourth-order valence-electron chi connectivity index (χ4n) is 3.17. The minimum atomic E-state index is -0.448. The van der Waals surface area contributed by atoms with Crippen LogP contribution in [-0.4, -0.2) is 15.2 Å². The van der Waals surface area contributed by atoms with Gasteiger partial charge in [-0.25, -0.2) is 0 Å². The number of carbonyl (C=O) groups is 1. The zero-order chi connectivity index (χ0) is 21.3. The Morgan fingerprint density at radius 2 is 1.87 bits per heavy atom. The van der Waals surface area contributed by atoms with Crippen molar-refractivity contribution in [2.24, 2.45) is 0 Å². The fraction of sp³-hybridized carbons (Fsp3) is 0.0909. The summed E-state index contributed by atoms with van der Waals surface area (Å²) in [5, 5.41) is 10.8. The Labute approximate surface area is 182 Å². The first-order chi connectivity index (χ1) is 14.5. The number of nitro benzene ring substituents is 1. The predicted molar refractivity (Wildman–Crippen MR) is 122 cm³/mol. The molecule has 0 saturated carbocycles. The van der Waals surface area contributed by atoms with Crippen LogP contribution in [-0.2, 0) is 11.2 Å². The van der Waals surface area contributed by atoms with E-state index >= 15 is 0 Å². The van der Waals surface area contributed by atoms with Crippen molar-refractivity contribution in [3.63, 3.8) is 0 Å². The van der Waals surface area contributed by atoms with Gasteiger partial charge in [-0.1, -0.05) is 49.1 Å². The molecule has 2 heterocycles. The number of para-hydroxylation sites is 1. The van der Waals surface area contributed by atoms with E-state index in [9.17, 15) is 14.9 Å². The van der Waals surface area contributed by atoms with Crippen LogP contribution in [0.2, 0.25) is 0 Å². The smallest absolute Gasteiger partial charge is 0.270 e. The maximum atomic E-state index is 13.0. The molecule has 1 aliphatic rings. The highest BCUT2D eigenvalue weighted by Crippen LogP contribution is 2.38. The lowest BCUT2D eigenvalue weighted by molar-refractivity contribution is -0.384. The van der Waals surface area contributed by atoms with Gasteiger partial charge in [0.05, 0.1) is 15.5 Å². The molecule has 1 aliphatic heterocycles. The van der Waals surface area contributed by atoms with Crippen molar-refractivity contribution >= 4 is 51.7 Å². The summed E-state index contributed by atoms with van der Waals surface area (Å²) in [6, 6.07) is 17.3. The first-order valence-electron chi connectivity index (χ1n) is 9.18. The third-order valence-corrected chi connectivity index (χ3v) is 5.97. The highest BCUT2D eigenvalue weighted by Gasteiger charge is 2.34. The quantitative estimate of drug-likeness (QED) is 0.217. The van der Waals surface area contributed by atoms with Gasteiger partial charge in [0.1, 0.15) is 11.5 Å². The summed E-state index contributed by atoms with van der Waals surface area (Å²) in [6.07, 6.45) is 2.46. The van der Waals surface area contributed by atoms with Crippen LogP contribution in [0.15, 0.2) is 70.0 Å². The normalized spacial score (nSPS) is 15.2. The topological polar surface area (TPSA) is 76.6 Å². The van der Waals surface area contributed by atoms with Crippen LogP contribution in [0.5, 0.6) is 0 Å². The maximum absolute atomic E-state index is 13.0. The van der Waals surface area contributed by atoms with Crippen molar-refractivity contribution in [1.29, 1.82) is 0 Å². The molecule has 1 saturated heterocycles. The molecule has 0 bridgehead atoms. The number of benzene rings is 2. The molecule has 8 heteroatoms. The Kier molecular flexibility index (Phi) is 5.52. The minimum absolute atomic E-state index is 0.0153. The molecule has 1 amide bonds. The Morgan fingerprint density at radius 3 is 2.57 bits per heavy atom. The summed E-state index contributed by atoms with van der Waals surface area (Å²) in [7, 11) is 0. The fourth-order valence-corrected chi connectivity index (χ4v) is 4.43. The molecule has 30 heavy (non-hydrogen) atoms. The lowest BCUT2D eigenvalue weighted by Gasteiger charge is -2.17. The van der Waals surface area contributed by atoms with Gasteiger partial charge in [-0.05, 0) is 42.3 Å². The molecule has 0 atom stereocenters. The summed E-state index contributed by atoms with van der Waals surface area (Å²) in [6.45, 7) is 2.04. The van der Waals surface area contributed by atoms with E-state index in [1.165, 1.54) is 23.9 Å².